The van der Waals surface area contributed by atoms with Crippen LogP contribution in [0, 0.1) is 0 Å². The molecule has 0 amide bonds. The number of aryl methyl sites for hydroxylation is 1. The number of rotatable bonds is 3. The largest absolute Gasteiger partial charge is 0.342 e. The van der Waals surface area contributed by atoms with E-state index in [1.807, 2.05) is 0 Å². The molecule has 4 nitrogen and oxygen atoms in total. The van der Waals surface area contributed by atoms with Crippen LogP contribution in [0.4, 0.5) is 0 Å². The molecule has 0 radical (unpaired) electrons. The molecule has 0 unspecified atom stereocenters. The third-order valence-electron chi connectivity index (χ3n) is 3.77. The topological polar surface area (TPSA) is 44.0 Å². The minimum atomic E-state index is 0.960. The van der Waals surface area contributed by atoms with Gasteiger partial charge in [0.05, 0.1) is 11.0 Å². The molecule has 4 heteroatoms. The van der Waals surface area contributed by atoms with Crippen molar-refractivity contribution in [3.63, 3.8) is 0 Å². The molecule has 0 spiro atoms. The fourth-order valence-corrected chi connectivity index (χ4v) is 2.69. The Morgan fingerprint density at radius 2 is 2.21 bits per heavy atom. The van der Waals surface area contributed by atoms with Crippen LogP contribution in [0.1, 0.15) is 24.7 Å². The van der Waals surface area contributed by atoms with Gasteiger partial charge in [0, 0.05) is 26.1 Å². The van der Waals surface area contributed by atoms with E-state index in [0.717, 1.165) is 43.9 Å². The average molecular weight is 258 g/mol. The van der Waals surface area contributed by atoms with Crippen LogP contribution in [0.15, 0.2) is 18.2 Å². The van der Waals surface area contributed by atoms with Gasteiger partial charge in [-0.3, -0.25) is 4.90 Å². The number of nitrogens with zero attached hydrogens (tertiary/aromatic N) is 2. The van der Waals surface area contributed by atoms with Crippen LogP contribution >= 0.6 is 0 Å². The summed E-state index contributed by atoms with van der Waals surface area (Å²) in [6, 6.07) is 6.59. The fourth-order valence-electron chi connectivity index (χ4n) is 2.69. The van der Waals surface area contributed by atoms with E-state index in [2.05, 4.69) is 45.3 Å². The van der Waals surface area contributed by atoms with Crippen LogP contribution in [0.5, 0.6) is 0 Å². The number of H-pyrrole nitrogens is 1. The zero-order valence-corrected chi connectivity index (χ0v) is 11.6. The van der Waals surface area contributed by atoms with Crippen molar-refractivity contribution in [3.05, 3.63) is 29.6 Å². The number of nitrogens with one attached hydrogen (secondary N) is 2. The maximum absolute atomic E-state index is 4.55. The summed E-state index contributed by atoms with van der Waals surface area (Å²) in [5.41, 5.74) is 3.63. The summed E-state index contributed by atoms with van der Waals surface area (Å²) < 4.78 is 0. The molecular weight excluding hydrogens is 236 g/mol. The van der Waals surface area contributed by atoms with Crippen LogP contribution in [0.3, 0.4) is 0 Å². The molecule has 2 N–H and O–H groups in total. The summed E-state index contributed by atoms with van der Waals surface area (Å²) in [6.07, 6.45) is 2.20. The van der Waals surface area contributed by atoms with E-state index in [1.165, 1.54) is 24.0 Å². The summed E-state index contributed by atoms with van der Waals surface area (Å²) in [6.45, 7) is 7.75. The van der Waals surface area contributed by atoms with E-state index < -0.39 is 0 Å². The van der Waals surface area contributed by atoms with E-state index >= 15 is 0 Å². The molecule has 1 saturated heterocycles. The second-order valence-electron chi connectivity index (χ2n) is 5.27. The van der Waals surface area contributed by atoms with Crippen LogP contribution in [-0.4, -0.2) is 41.0 Å². The molecule has 0 aliphatic carbocycles. The molecule has 0 atom stereocenters. The molecule has 0 bridgehead atoms. The van der Waals surface area contributed by atoms with Crippen LogP contribution in [0.25, 0.3) is 11.0 Å². The van der Waals surface area contributed by atoms with Crippen molar-refractivity contribution >= 4 is 11.0 Å². The Morgan fingerprint density at radius 1 is 1.26 bits per heavy atom. The van der Waals surface area contributed by atoms with Gasteiger partial charge in [-0.1, -0.05) is 13.0 Å². The molecule has 0 saturated carbocycles. The van der Waals surface area contributed by atoms with E-state index in [1.54, 1.807) is 0 Å². The van der Waals surface area contributed by atoms with Gasteiger partial charge < -0.3 is 10.3 Å². The third-order valence-corrected chi connectivity index (χ3v) is 3.77. The molecule has 1 aromatic heterocycles. The number of aromatic nitrogens is 2. The molecule has 19 heavy (non-hydrogen) atoms. The second kappa shape index (κ2) is 5.72. The SMILES string of the molecule is CCc1nc2ccc(CN3CCCNCC3)cc2[nH]1. The minimum Gasteiger partial charge on any atom is -0.342 e. The standard InChI is InChI=1S/C15H22N4/c1-2-15-17-13-5-4-12(10-14(13)18-15)11-19-8-3-6-16-7-9-19/h4-5,10,16H,2-3,6-9,11H2,1H3,(H,17,18). The van der Waals surface area contributed by atoms with Gasteiger partial charge in [-0.25, -0.2) is 4.98 Å². The average Bonchev–Trinajstić information content (AvgIpc) is 2.67. The van der Waals surface area contributed by atoms with Crippen molar-refractivity contribution in [2.24, 2.45) is 0 Å². The van der Waals surface area contributed by atoms with Gasteiger partial charge in [0.1, 0.15) is 5.82 Å². The highest BCUT2D eigenvalue weighted by molar-refractivity contribution is 5.75. The highest BCUT2D eigenvalue weighted by Crippen LogP contribution is 2.16. The summed E-state index contributed by atoms with van der Waals surface area (Å²) in [5, 5.41) is 3.45. The van der Waals surface area contributed by atoms with Gasteiger partial charge in [-0.15, -0.1) is 0 Å². The molecule has 2 aromatic rings. The smallest absolute Gasteiger partial charge is 0.106 e. The van der Waals surface area contributed by atoms with Gasteiger partial charge in [0.15, 0.2) is 0 Å². The number of hydrogen-bond donors (Lipinski definition) is 2. The van der Waals surface area contributed by atoms with Crippen molar-refractivity contribution < 1.29 is 0 Å². The minimum absolute atomic E-state index is 0.960. The molecule has 1 aliphatic heterocycles. The second-order valence-corrected chi connectivity index (χ2v) is 5.27. The van der Waals surface area contributed by atoms with Crippen molar-refractivity contribution in [3.8, 4) is 0 Å². The first-order chi connectivity index (χ1) is 9.35. The third kappa shape index (κ3) is 2.96. The molecule has 3 rings (SSSR count). The van der Waals surface area contributed by atoms with Crippen molar-refractivity contribution in [1.29, 1.82) is 0 Å². The van der Waals surface area contributed by atoms with Crippen molar-refractivity contribution in [2.45, 2.75) is 26.3 Å². The molecule has 102 valence electrons. The monoisotopic (exact) mass is 258 g/mol. The maximum Gasteiger partial charge on any atom is 0.106 e. The lowest BCUT2D eigenvalue weighted by atomic mass is 10.2. The van der Waals surface area contributed by atoms with E-state index in [9.17, 15) is 0 Å². The first-order valence-electron chi connectivity index (χ1n) is 7.26. The van der Waals surface area contributed by atoms with Crippen LogP contribution in [-0.2, 0) is 13.0 Å². The summed E-state index contributed by atoms with van der Waals surface area (Å²) in [4.78, 5) is 10.5. The predicted molar refractivity (Wildman–Crippen MR) is 78.2 cm³/mol. The van der Waals surface area contributed by atoms with Crippen molar-refractivity contribution in [2.75, 3.05) is 26.2 Å². The van der Waals surface area contributed by atoms with Crippen LogP contribution in [0.2, 0.25) is 0 Å². The summed E-state index contributed by atoms with van der Waals surface area (Å²) in [7, 11) is 0. The Hall–Kier alpha value is -1.39. The lowest BCUT2D eigenvalue weighted by molar-refractivity contribution is 0.284. The van der Waals surface area contributed by atoms with Crippen LogP contribution < -0.4 is 5.32 Å². The van der Waals surface area contributed by atoms with Gasteiger partial charge in [0.2, 0.25) is 0 Å². The number of hydrogen-bond acceptors (Lipinski definition) is 3. The van der Waals surface area contributed by atoms with Gasteiger partial charge in [0.25, 0.3) is 0 Å². The lowest BCUT2D eigenvalue weighted by Crippen LogP contribution is -2.27. The van der Waals surface area contributed by atoms with E-state index in [0.29, 0.717) is 0 Å². The number of benzene rings is 1. The normalized spacial score (nSPS) is 17.7. The Bertz CT molecular complexity index is 538. The Balaban J connectivity index is 1.76. The zero-order valence-electron chi connectivity index (χ0n) is 11.6. The van der Waals surface area contributed by atoms with E-state index in [4.69, 9.17) is 0 Å². The van der Waals surface area contributed by atoms with E-state index in [-0.39, 0.29) is 0 Å². The lowest BCUT2D eigenvalue weighted by Gasteiger charge is -2.19. The fraction of sp³-hybridized carbons (Fsp3) is 0.533. The quantitative estimate of drug-likeness (QED) is 0.884. The zero-order chi connectivity index (χ0) is 13.1. The Morgan fingerprint density at radius 3 is 3.11 bits per heavy atom. The van der Waals surface area contributed by atoms with Gasteiger partial charge in [-0.05, 0) is 37.2 Å². The molecule has 1 fully saturated rings. The first-order valence-corrected chi connectivity index (χ1v) is 7.26. The first kappa shape index (κ1) is 12.6. The van der Waals surface area contributed by atoms with Crippen molar-refractivity contribution in [1.82, 2.24) is 20.2 Å². The Kier molecular flexibility index (Phi) is 3.80. The molecular formula is C15H22N4. The Labute approximate surface area is 114 Å². The highest BCUT2D eigenvalue weighted by atomic mass is 15.1. The van der Waals surface area contributed by atoms with Gasteiger partial charge in [-0.2, -0.15) is 0 Å². The maximum atomic E-state index is 4.55. The number of aromatic amines is 1. The summed E-state index contributed by atoms with van der Waals surface area (Å²) in [5.74, 6) is 1.08. The van der Waals surface area contributed by atoms with Gasteiger partial charge >= 0.3 is 0 Å². The molecule has 1 aromatic carbocycles. The number of imidazole rings is 1. The summed E-state index contributed by atoms with van der Waals surface area (Å²) >= 11 is 0. The number of fused-ring (bicyclic) bond motifs is 1. The molecule has 1 aliphatic rings. The highest BCUT2D eigenvalue weighted by Gasteiger charge is 2.10. The molecule has 2 heterocycles. The predicted octanol–water partition coefficient (Wildman–Crippen LogP) is 1.92.